The van der Waals surface area contributed by atoms with Gasteiger partial charge in [-0.1, -0.05) is 35.8 Å². The molecular formula is C23H25ClN4O4S. The van der Waals surface area contributed by atoms with Gasteiger partial charge in [-0.05, 0) is 55.7 Å². The van der Waals surface area contributed by atoms with Gasteiger partial charge in [-0.25, -0.2) is 8.42 Å². The van der Waals surface area contributed by atoms with Crippen LogP contribution in [0, 0.1) is 12.8 Å². The van der Waals surface area contributed by atoms with Gasteiger partial charge in [0.05, 0.1) is 4.90 Å². The highest BCUT2D eigenvalue weighted by Gasteiger charge is 2.33. The van der Waals surface area contributed by atoms with Gasteiger partial charge in [-0.2, -0.15) is 9.29 Å². The zero-order valence-corrected chi connectivity index (χ0v) is 20.0. The predicted octanol–water partition coefficient (Wildman–Crippen LogP) is 4.30. The van der Waals surface area contributed by atoms with Crippen LogP contribution in [0.2, 0.25) is 5.02 Å². The molecule has 0 spiro atoms. The van der Waals surface area contributed by atoms with Gasteiger partial charge in [0.15, 0.2) is 0 Å². The number of halogens is 1. The molecule has 2 heterocycles. The molecule has 1 amide bonds. The van der Waals surface area contributed by atoms with Gasteiger partial charge in [-0.3, -0.25) is 4.79 Å². The van der Waals surface area contributed by atoms with Crippen LogP contribution in [0.5, 0.6) is 0 Å². The summed E-state index contributed by atoms with van der Waals surface area (Å²) >= 11 is 5.88. The average molecular weight is 489 g/mol. The van der Waals surface area contributed by atoms with E-state index in [1.165, 1.54) is 4.31 Å². The van der Waals surface area contributed by atoms with Crippen LogP contribution in [-0.4, -0.2) is 41.9 Å². The molecule has 2 aromatic carbocycles. The number of benzene rings is 2. The van der Waals surface area contributed by atoms with Crippen molar-refractivity contribution in [3.63, 3.8) is 0 Å². The van der Waals surface area contributed by atoms with Gasteiger partial charge in [-0.15, -0.1) is 0 Å². The molecule has 1 aliphatic heterocycles. The number of hydrogen-bond donors (Lipinski definition) is 1. The summed E-state index contributed by atoms with van der Waals surface area (Å²) in [6.07, 6.45) is 1.49. The van der Waals surface area contributed by atoms with E-state index < -0.39 is 10.0 Å². The molecule has 1 aliphatic rings. The zero-order chi connectivity index (χ0) is 23.6. The maximum Gasteiger partial charge on any atom is 0.243 e. The minimum atomic E-state index is -3.73. The number of amides is 1. The van der Waals surface area contributed by atoms with E-state index in [1.54, 1.807) is 49.4 Å². The number of carbonyl (C=O) groups is 1. The number of piperidine rings is 1. The number of nitrogens with one attached hydrogen (secondary N) is 1. The summed E-state index contributed by atoms with van der Waals surface area (Å²) in [6.45, 7) is 4.21. The topological polar surface area (TPSA) is 105 Å². The van der Waals surface area contributed by atoms with E-state index in [4.69, 9.17) is 16.1 Å². The largest absolute Gasteiger partial charge is 0.339 e. The second-order valence-corrected chi connectivity index (χ2v) is 10.4. The molecule has 0 saturated carbocycles. The van der Waals surface area contributed by atoms with Gasteiger partial charge in [0.25, 0.3) is 0 Å². The molecule has 33 heavy (non-hydrogen) atoms. The minimum absolute atomic E-state index is 0.114. The van der Waals surface area contributed by atoms with Crippen molar-refractivity contribution >= 4 is 33.2 Å². The molecule has 10 heteroatoms. The highest BCUT2D eigenvalue weighted by atomic mass is 35.5. The van der Waals surface area contributed by atoms with Gasteiger partial charge in [0.1, 0.15) is 0 Å². The van der Waals surface area contributed by atoms with Gasteiger partial charge in [0.2, 0.25) is 27.6 Å². The summed E-state index contributed by atoms with van der Waals surface area (Å²) in [7, 11) is -3.73. The fraction of sp³-hybridized carbons (Fsp3) is 0.348. The molecular weight excluding hydrogens is 464 g/mol. The molecule has 1 fully saturated rings. The van der Waals surface area contributed by atoms with E-state index in [2.05, 4.69) is 15.5 Å². The number of hydrogen-bond acceptors (Lipinski definition) is 6. The molecule has 0 radical (unpaired) electrons. The maximum atomic E-state index is 13.4. The molecule has 174 valence electrons. The van der Waals surface area contributed by atoms with E-state index in [0.29, 0.717) is 52.8 Å². The third kappa shape index (κ3) is 5.10. The second kappa shape index (κ2) is 9.62. The first-order valence-corrected chi connectivity index (χ1v) is 12.6. The third-order valence-corrected chi connectivity index (χ3v) is 8.06. The normalized spacial score (nSPS) is 15.5. The number of anilines is 1. The lowest BCUT2D eigenvalue weighted by molar-refractivity contribution is -0.120. The summed E-state index contributed by atoms with van der Waals surface area (Å²) in [5, 5.41) is 7.42. The van der Waals surface area contributed by atoms with Crippen LogP contribution in [0.1, 0.15) is 31.2 Å². The highest BCUT2D eigenvalue weighted by Crippen LogP contribution is 2.29. The Balaban J connectivity index is 1.46. The average Bonchev–Trinajstić information content (AvgIpc) is 3.30. The monoisotopic (exact) mass is 488 g/mol. The van der Waals surface area contributed by atoms with Gasteiger partial charge < -0.3 is 9.84 Å². The summed E-state index contributed by atoms with van der Waals surface area (Å²) < 4.78 is 33.4. The number of aromatic nitrogens is 2. The molecule has 4 rings (SSSR count). The van der Waals surface area contributed by atoms with Crippen molar-refractivity contribution in [2.24, 2.45) is 5.92 Å². The fourth-order valence-electron chi connectivity index (χ4n) is 3.81. The van der Waals surface area contributed by atoms with Crippen LogP contribution in [0.15, 0.2) is 51.9 Å². The van der Waals surface area contributed by atoms with Crippen LogP contribution in [0.25, 0.3) is 11.4 Å². The smallest absolute Gasteiger partial charge is 0.243 e. The van der Waals surface area contributed by atoms with Crippen molar-refractivity contribution in [3.8, 4) is 11.4 Å². The first-order valence-electron chi connectivity index (χ1n) is 10.8. The molecule has 0 bridgehead atoms. The van der Waals surface area contributed by atoms with Gasteiger partial charge in [0, 0.05) is 41.7 Å². The van der Waals surface area contributed by atoms with Crippen molar-refractivity contribution < 1.29 is 17.7 Å². The maximum absolute atomic E-state index is 13.4. The number of aryl methyl sites for hydroxylation is 2. The Morgan fingerprint density at radius 1 is 1.18 bits per heavy atom. The molecule has 8 nitrogen and oxygen atoms in total. The van der Waals surface area contributed by atoms with Crippen LogP contribution < -0.4 is 5.32 Å². The van der Waals surface area contributed by atoms with Crippen LogP contribution in [-0.2, 0) is 21.2 Å². The molecule has 1 saturated heterocycles. The summed E-state index contributed by atoms with van der Waals surface area (Å²) in [5.41, 5.74) is 1.89. The molecule has 3 aromatic rings. The van der Waals surface area contributed by atoms with Gasteiger partial charge >= 0.3 is 0 Å². The van der Waals surface area contributed by atoms with Crippen molar-refractivity contribution in [1.29, 1.82) is 0 Å². The van der Waals surface area contributed by atoms with Crippen LogP contribution >= 0.6 is 11.6 Å². The number of nitrogens with zero attached hydrogens (tertiary/aromatic N) is 3. The molecule has 0 aliphatic carbocycles. The van der Waals surface area contributed by atoms with E-state index in [0.717, 1.165) is 0 Å². The number of rotatable bonds is 6. The predicted molar refractivity (Wildman–Crippen MR) is 125 cm³/mol. The lowest BCUT2D eigenvalue weighted by Crippen LogP contribution is -2.41. The Hall–Kier alpha value is -2.75. The zero-order valence-electron chi connectivity index (χ0n) is 18.4. The Morgan fingerprint density at radius 3 is 2.52 bits per heavy atom. The number of carbonyl (C=O) groups excluding carboxylic acids is 1. The minimum Gasteiger partial charge on any atom is -0.339 e. The van der Waals surface area contributed by atoms with E-state index in [1.807, 2.05) is 6.92 Å². The van der Waals surface area contributed by atoms with E-state index in [9.17, 15) is 13.2 Å². The SMILES string of the molecule is CCc1nc(-c2ccc(C)c(S(=O)(=O)N3CCC(C(=O)Nc4ccc(Cl)cc4)CC3)c2)no1. The Kier molecular flexibility index (Phi) is 6.83. The molecule has 0 atom stereocenters. The summed E-state index contributed by atoms with van der Waals surface area (Å²) in [5.74, 6) is 0.484. The molecule has 0 unspecified atom stereocenters. The van der Waals surface area contributed by atoms with Crippen molar-refractivity contribution in [2.45, 2.75) is 38.0 Å². The van der Waals surface area contributed by atoms with E-state index >= 15 is 0 Å². The Labute approximate surface area is 198 Å². The van der Waals surface area contributed by atoms with Crippen molar-refractivity contribution in [2.75, 3.05) is 18.4 Å². The first-order chi connectivity index (χ1) is 15.8. The second-order valence-electron chi connectivity index (χ2n) is 8.02. The summed E-state index contributed by atoms with van der Waals surface area (Å²) in [4.78, 5) is 17.1. The highest BCUT2D eigenvalue weighted by molar-refractivity contribution is 7.89. The van der Waals surface area contributed by atoms with Crippen molar-refractivity contribution in [3.05, 3.63) is 58.9 Å². The lowest BCUT2D eigenvalue weighted by Gasteiger charge is -2.31. The van der Waals surface area contributed by atoms with Crippen LogP contribution in [0.4, 0.5) is 5.69 Å². The van der Waals surface area contributed by atoms with Crippen molar-refractivity contribution in [1.82, 2.24) is 14.4 Å². The Bertz CT molecular complexity index is 1250. The fourth-order valence-corrected chi connectivity index (χ4v) is 5.65. The molecule has 1 N–H and O–H groups in total. The lowest BCUT2D eigenvalue weighted by atomic mass is 9.97. The van der Waals surface area contributed by atoms with E-state index in [-0.39, 0.29) is 29.8 Å². The third-order valence-electron chi connectivity index (χ3n) is 5.77. The summed E-state index contributed by atoms with van der Waals surface area (Å²) in [6, 6.07) is 12.0. The van der Waals surface area contributed by atoms with Crippen LogP contribution in [0.3, 0.4) is 0 Å². The number of sulfonamides is 1. The first kappa shape index (κ1) is 23.4. The molecule has 1 aromatic heterocycles. The Morgan fingerprint density at radius 2 is 1.88 bits per heavy atom. The quantitative estimate of drug-likeness (QED) is 0.554. The standard InChI is InChI=1S/C23H25ClN4O4S/c1-3-21-26-22(27-32-21)17-5-4-15(2)20(14-17)33(30,31)28-12-10-16(11-13-28)23(29)25-19-8-6-18(24)7-9-19/h4-9,14,16H,3,10-13H2,1-2H3,(H,25,29).